The zero-order valence-corrected chi connectivity index (χ0v) is 17.3. The Labute approximate surface area is 178 Å². The van der Waals surface area contributed by atoms with Gasteiger partial charge in [0.25, 0.3) is 0 Å². The molecule has 0 bridgehead atoms. The molecule has 1 saturated carbocycles. The summed E-state index contributed by atoms with van der Waals surface area (Å²) in [6.07, 6.45) is 9.82. The van der Waals surface area contributed by atoms with Crippen LogP contribution in [0.4, 0.5) is 5.69 Å². The van der Waals surface area contributed by atoms with Crippen LogP contribution >= 0.6 is 0 Å². The first kappa shape index (κ1) is 21.9. The van der Waals surface area contributed by atoms with Crippen molar-refractivity contribution in [3.63, 3.8) is 0 Å². The van der Waals surface area contributed by atoms with Crippen LogP contribution in [0.5, 0.6) is 0 Å². The molecule has 4 rings (SSSR count). The summed E-state index contributed by atoms with van der Waals surface area (Å²) < 4.78 is 0. The average molecular weight is 409 g/mol. The molecule has 0 aromatic carbocycles. The van der Waals surface area contributed by atoms with Gasteiger partial charge in [0.05, 0.1) is 28.7 Å². The van der Waals surface area contributed by atoms with E-state index in [0.29, 0.717) is 11.6 Å². The fourth-order valence-corrected chi connectivity index (χ4v) is 4.24. The molecule has 160 valence electrons. The normalized spacial score (nSPS) is 18.9. The standard InChI is InChI=1S/C22H28N6O.CH4/c1-14(29)18-12-23-20-9-8-19(16-10-24-25-11-16)27-22(20)21(18)26-17-6-4-15(5-7-17)13-28(2)3;/h8-12,15,17H,4-7,13H2,1-3H3,(H,23,26)(H,24,25);1H4. The monoisotopic (exact) mass is 408 g/mol. The summed E-state index contributed by atoms with van der Waals surface area (Å²) in [5.74, 6) is 0.744. The molecule has 1 fully saturated rings. The number of aromatic amines is 1. The smallest absolute Gasteiger partial charge is 0.163 e. The second kappa shape index (κ2) is 9.34. The lowest BCUT2D eigenvalue weighted by Crippen LogP contribution is -2.31. The second-order valence-electron chi connectivity index (χ2n) is 8.28. The molecule has 3 heterocycles. The molecule has 0 spiro atoms. The Kier molecular flexibility index (Phi) is 6.82. The third kappa shape index (κ3) is 4.67. The third-order valence-electron chi connectivity index (χ3n) is 5.70. The van der Waals surface area contributed by atoms with Gasteiger partial charge >= 0.3 is 0 Å². The number of nitrogens with zero attached hydrogens (tertiary/aromatic N) is 4. The Morgan fingerprint density at radius 3 is 2.60 bits per heavy atom. The summed E-state index contributed by atoms with van der Waals surface area (Å²) in [6, 6.07) is 4.23. The van der Waals surface area contributed by atoms with Gasteiger partial charge < -0.3 is 10.2 Å². The first-order valence-corrected chi connectivity index (χ1v) is 10.2. The van der Waals surface area contributed by atoms with E-state index in [1.165, 1.54) is 12.8 Å². The highest BCUT2D eigenvalue weighted by molar-refractivity contribution is 6.06. The van der Waals surface area contributed by atoms with E-state index in [-0.39, 0.29) is 13.2 Å². The molecule has 3 aromatic rings. The van der Waals surface area contributed by atoms with Crippen molar-refractivity contribution in [2.45, 2.75) is 46.1 Å². The maximum atomic E-state index is 12.3. The molecule has 3 aromatic heterocycles. The minimum Gasteiger partial charge on any atom is -0.380 e. The van der Waals surface area contributed by atoms with Gasteiger partial charge in [-0.2, -0.15) is 5.10 Å². The number of aromatic nitrogens is 4. The first-order valence-electron chi connectivity index (χ1n) is 10.2. The number of hydrogen-bond acceptors (Lipinski definition) is 6. The van der Waals surface area contributed by atoms with Gasteiger partial charge in [0, 0.05) is 30.5 Å². The molecule has 30 heavy (non-hydrogen) atoms. The van der Waals surface area contributed by atoms with Gasteiger partial charge in [-0.1, -0.05) is 7.43 Å². The number of carbonyl (C=O) groups is 1. The van der Waals surface area contributed by atoms with E-state index >= 15 is 0 Å². The Morgan fingerprint density at radius 1 is 1.20 bits per heavy atom. The van der Waals surface area contributed by atoms with Crippen molar-refractivity contribution in [1.82, 2.24) is 25.1 Å². The SMILES string of the molecule is C.CC(=O)c1cnc2ccc(-c3cn[nH]c3)nc2c1NC1CCC(CN(C)C)CC1. The van der Waals surface area contributed by atoms with E-state index in [2.05, 4.69) is 39.5 Å². The minimum absolute atomic E-state index is 0. The van der Waals surface area contributed by atoms with Crippen molar-refractivity contribution in [1.29, 1.82) is 0 Å². The molecular formula is C23H32N6O. The predicted octanol–water partition coefficient (Wildman–Crippen LogP) is 4.39. The van der Waals surface area contributed by atoms with Crippen molar-refractivity contribution in [2.24, 2.45) is 5.92 Å². The van der Waals surface area contributed by atoms with Crippen LogP contribution in [0.25, 0.3) is 22.3 Å². The third-order valence-corrected chi connectivity index (χ3v) is 5.70. The van der Waals surface area contributed by atoms with Crippen molar-refractivity contribution in [3.05, 3.63) is 36.3 Å². The molecule has 0 unspecified atom stereocenters. The minimum atomic E-state index is -0.00120. The van der Waals surface area contributed by atoms with Gasteiger partial charge in [-0.25, -0.2) is 4.98 Å². The zero-order valence-electron chi connectivity index (χ0n) is 17.3. The zero-order chi connectivity index (χ0) is 20.4. The van der Waals surface area contributed by atoms with E-state index < -0.39 is 0 Å². The maximum absolute atomic E-state index is 12.3. The van der Waals surface area contributed by atoms with Crippen molar-refractivity contribution >= 4 is 22.5 Å². The van der Waals surface area contributed by atoms with Crippen LogP contribution in [-0.2, 0) is 0 Å². The predicted molar refractivity (Wildman–Crippen MR) is 122 cm³/mol. The number of carbonyl (C=O) groups excluding carboxylic acids is 1. The molecule has 0 aliphatic heterocycles. The van der Waals surface area contributed by atoms with Crippen LogP contribution in [0.1, 0.15) is 50.4 Å². The number of ketones is 1. The average Bonchev–Trinajstić information content (AvgIpc) is 3.23. The fraction of sp³-hybridized carbons (Fsp3) is 0.478. The van der Waals surface area contributed by atoms with Crippen LogP contribution in [0.15, 0.2) is 30.7 Å². The number of pyridine rings is 2. The van der Waals surface area contributed by atoms with E-state index in [1.54, 1.807) is 19.3 Å². The lowest BCUT2D eigenvalue weighted by atomic mass is 9.85. The first-order chi connectivity index (χ1) is 14.0. The van der Waals surface area contributed by atoms with Gasteiger partial charge in [-0.15, -0.1) is 0 Å². The lowest BCUT2D eigenvalue weighted by Gasteiger charge is -2.31. The fourth-order valence-electron chi connectivity index (χ4n) is 4.24. The molecule has 7 heteroatoms. The molecule has 1 aliphatic carbocycles. The summed E-state index contributed by atoms with van der Waals surface area (Å²) in [4.78, 5) is 23.9. The quantitative estimate of drug-likeness (QED) is 0.588. The molecular weight excluding hydrogens is 376 g/mol. The van der Waals surface area contributed by atoms with Crippen molar-refractivity contribution < 1.29 is 4.79 Å². The summed E-state index contributed by atoms with van der Waals surface area (Å²) in [5, 5.41) is 10.5. The second-order valence-corrected chi connectivity index (χ2v) is 8.28. The van der Waals surface area contributed by atoms with Gasteiger partial charge in [0.15, 0.2) is 5.78 Å². The van der Waals surface area contributed by atoms with E-state index in [0.717, 1.165) is 53.3 Å². The largest absolute Gasteiger partial charge is 0.380 e. The summed E-state index contributed by atoms with van der Waals surface area (Å²) in [5.41, 5.74) is 4.66. The number of anilines is 1. The number of Topliss-reactive ketones (excluding diaryl/α,β-unsaturated/α-hetero) is 1. The number of nitrogens with one attached hydrogen (secondary N) is 2. The van der Waals surface area contributed by atoms with Crippen LogP contribution in [0.3, 0.4) is 0 Å². The van der Waals surface area contributed by atoms with Gasteiger partial charge in [0.2, 0.25) is 0 Å². The van der Waals surface area contributed by atoms with E-state index in [1.807, 2.05) is 18.3 Å². The summed E-state index contributed by atoms with van der Waals surface area (Å²) >= 11 is 0. The summed E-state index contributed by atoms with van der Waals surface area (Å²) in [7, 11) is 4.27. The van der Waals surface area contributed by atoms with Gasteiger partial charge in [-0.3, -0.25) is 14.9 Å². The van der Waals surface area contributed by atoms with E-state index in [9.17, 15) is 4.79 Å². The Balaban J connectivity index is 0.00000256. The van der Waals surface area contributed by atoms with Crippen LogP contribution in [0, 0.1) is 5.92 Å². The highest BCUT2D eigenvalue weighted by Gasteiger charge is 2.24. The Bertz CT molecular complexity index is 990. The molecule has 0 saturated heterocycles. The molecule has 2 N–H and O–H groups in total. The number of rotatable bonds is 6. The number of H-pyrrole nitrogens is 1. The molecule has 7 nitrogen and oxygen atoms in total. The molecule has 0 atom stereocenters. The number of fused-ring (bicyclic) bond motifs is 1. The van der Waals surface area contributed by atoms with Crippen molar-refractivity contribution in [3.8, 4) is 11.3 Å². The van der Waals surface area contributed by atoms with Crippen LogP contribution in [-0.4, -0.2) is 57.5 Å². The van der Waals surface area contributed by atoms with E-state index in [4.69, 9.17) is 4.98 Å². The lowest BCUT2D eigenvalue weighted by molar-refractivity contribution is 0.101. The Hall–Kier alpha value is -2.80. The topological polar surface area (TPSA) is 86.8 Å². The maximum Gasteiger partial charge on any atom is 0.163 e. The molecule has 0 radical (unpaired) electrons. The Morgan fingerprint density at radius 2 is 1.97 bits per heavy atom. The number of hydrogen-bond donors (Lipinski definition) is 2. The van der Waals surface area contributed by atoms with Gasteiger partial charge in [0.1, 0.15) is 5.52 Å². The highest BCUT2D eigenvalue weighted by atomic mass is 16.1. The summed E-state index contributed by atoms with van der Waals surface area (Å²) in [6.45, 7) is 2.72. The van der Waals surface area contributed by atoms with Crippen molar-refractivity contribution in [2.75, 3.05) is 26.0 Å². The van der Waals surface area contributed by atoms with Gasteiger partial charge in [-0.05, 0) is 64.8 Å². The molecule has 0 amide bonds. The molecule has 1 aliphatic rings. The van der Waals surface area contributed by atoms with Crippen LogP contribution < -0.4 is 5.32 Å². The van der Waals surface area contributed by atoms with Crippen LogP contribution in [0.2, 0.25) is 0 Å². The highest BCUT2D eigenvalue weighted by Crippen LogP contribution is 2.32.